The van der Waals surface area contributed by atoms with Crippen LogP contribution in [0.3, 0.4) is 0 Å². The lowest BCUT2D eigenvalue weighted by molar-refractivity contribution is 0.739. The molecule has 0 saturated carbocycles. The van der Waals surface area contributed by atoms with E-state index in [1.807, 2.05) is 6.08 Å². The molecule has 1 unspecified atom stereocenters. The van der Waals surface area contributed by atoms with Gasteiger partial charge >= 0.3 is 0 Å². The maximum atomic E-state index is 4.34. The molecule has 0 spiro atoms. The molecule has 0 saturated heterocycles. The SMILES string of the molecule is CCC=CC1(C)C=CN=CC=N1. The van der Waals surface area contributed by atoms with Gasteiger partial charge in [0.05, 0.1) is 5.54 Å². The van der Waals surface area contributed by atoms with E-state index in [9.17, 15) is 0 Å². The van der Waals surface area contributed by atoms with Crippen LogP contribution in [0.2, 0.25) is 0 Å². The van der Waals surface area contributed by atoms with Crippen LogP contribution in [0.25, 0.3) is 0 Å². The lowest BCUT2D eigenvalue weighted by atomic mass is 10.0. The van der Waals surface area contributed by atoms with Crippen LogP contribution >= 0.6 is 0 Å². The molecule has 0 bridgehead atoms. The smallest absolute Gasteiger partial charge is 0.0958 e. The zero-order chi connectivity index (χ0) is 8.86. The minimum Gasteiger partial charge on any atom is -0.277 e. The first kappa shape index (κ1) is 8.91. The lowest BCUT2D eigenvalue weighted by Gasteiger charge is -2.14. The monoisotopic (exact) mass is 162 g/mol. The molecule has 0 aliphatic carbocycles. The second-order valence-electron chi connectivity index (χ2n) is 2.93. The van der Waals surface area contributed by atoms with Crippen molar-refractivity contribution in [3.05, 3.63) is 24.4 Å². The van der Waals surface area contributed by atoms with E-state index in [-0.39, 0.29) is 5.54 Å². The normalized spacial score (nSPS) is 28.2. The Morgan fingerprint density at radius 2 is 2.25 bits per heavy atom. The summed E-state index contributed by atoms with van der Waals surface area (Å²) in [6.45, 7) is 4.17. The molecule has 0 aromatic rings. The number of nitrogens with zero attached hydrogens (tertiary/aromatic N) is 2. The van der Waals surface area contributed by atoms with E-state index < -0.39 is 0 Å². The molecule has 0 radical (unpaired) electrons. The first-order valence-electron chi connectivity index (χ1n) is 4.19. The van der Waals surface area contributed by atoms with E-state index >= 15 is 0 Å². The van der Waals surface area contributed by atoms with Gasteiger partial charge in [0.1, 0.15) is 0 Å². The molecule has 12 heavy (non-hydrogen) atoms. The molecule has 64 valence electrons. The van der Waals surface area contributed by atoms with Crippen LogP contribution in [0.15, 0.2) is 34.4 Å². The molecule has 2 heteroatoms. The predicted octanol–water partition coefficient (Wildman–Crippen LogP) is 2.38. The molecule has 1 atom stereocenters. The average Bonchev–Trinajstić information content (AvgIpc) is 2.27. The Morgan fingerprint density at radius 3 is 3.00 bits per heavy atom. The molecule has 0 aromatic heterocycles. The summed E-state index contributed by atoms with van der Waals surface area (Å²) in [5, 5.41) is 0. The zero-order valence-electron chi connectivity index (χ0n) is 7.57. The van der Waals surface area contributed by atoms with E-state index in [2.05, 4.69) is 36.0 Å². The summed E-state index contributed by atoms with van der Waals surface area (Å²) in [6, 6.07) is 0. The highest BCUT2D eigenvalue weighted by atomic mass is 14.9. The van der Waals surface area contributed by atoms with Crippen LogP contribution in [0.5, 0.6) is 0 Å². The van der Waals surface area contributed by atoms with Crippen molar-refractivity contribution in [2.75, 3.05) is 0 Å². The highest BCUT2D eigenvalue weighted by molar-refractivity contribution is 6.16. The minimum atomic E-state index is -0.202. The van der Waals surface area contributed by atoms with Gasteiger partial charge in [0, 0.05) is 18.6 Å². The molecule has 0 N–H and O–H groups in total. The number of hydrogen-bond donors (Lipinski definition) is 0. The number of allylic oxidation sites excluding steroid dienone is 1. The Morgan fingerprint density at radius 1 is 1.42 bits per heavy atom. The van der Waals surface area contributed by atoms with Gasteiger partial charge in [-0.15, -0.1) is 0 Å². The summed E-state index contributed by atoms with van der Waals surface area (Å²) in [6.07, 6.45) is 12.5. The summed E-state index contributed by atoms with van der Waals surface area (Å²) in [7, 11) is 0. The molecule has 0 fully saturated rings. The van der Waals surface area contributed by atoms with E-state index in [4.69, 9.17) is 0 Å². The van der Waals surface area contributed by atoms with Gasteiger partial charge in [-0.2, -0.15) is 0 Å². The minimum absolute atomic E-state index is 0.202. The van der Waals surface area contributed by atoms with Gasteiger partial charge in [-0.1, -0.05) is 19.1 Å². The fraction of sp³-hybridized carbons (Fsp3) is 0.400. The Hall–Kier alpha value is -1.18. The van der Waals surface area contributed by atoms with Crippen molar-refractivity contribution in [2.45, 2.75) is 25.8 Å². The van der Waals surface area contributed by atoms with Crippen LogP contribution in [0, 0.1) is 0 Å². The van der Waals surface area contributed by atoms with Crippen molar-refractivity contribution in [2.24, 2.45) is 9.98 Å². The first-order valence-corrected chi connectivity index (χ1v) is 4.19. The number of hydrogen-bond acceptors (Lipinski definition) is 2. The summed E-state index contributed by atoms with van der Waals surface area (Å²) < 4.78 is 0. The molecular formula is C10H14N2. The van der Waals surface area contributed by atoms with Crippen molar-refractivity contribution < 1.29 is 0 Å². The Bertz CT molecular complexity index is 231. The number of aliphatic imine (C=N–C) groups is 2. The van der Waals surface area contributed by atoms with E-state index in [0.717, 1.165) is 6.42 Å². The third kappa shape index (κ3) is 2.46. The highest BCUT2D eigenvalue weighted by Crippen LogP contribution is 2.15. The average molecular weight is 162 g/mol. The maximum Gasteiger partial charge on any atom is 0.0958 e. The van der Waals surface area contributed by atoms with Crippen LogP contribution < -0.4 is 0 Å². The Labute approximate surface area is 73.4 Å². The molecule has 1 rings (SSSR count). The first-order chi connectivity index (χ1) is 5.77. The predicted molar refractivity (Wildman–Crippen MR) is 54.0 cm³/mol. The third-order valence-electron chi connectivity index (χ3n) is 1.69. The fourth-order valence-electron chi connectivity index (χ4n) is 0.974. The van der Waals surface area contributed by atoms with Crippen LogP contribution in [-0.4, -0.2) is 18.0 Å². The van der Waals surface area contributed by atoms with Gasteiger partial charge in [-0.3, -0.25) is 9.98 Å². The second-order valence-corrected chi connectivity index (χ2v) is 2.93. The molecule has 0 aromatic carbocycles. The number of rotatable bonds is 2. The van der Waals surface area contributed by atoms with Gasteiger partial charge in [-0.05, 0) is 19.4 Å². The van der Waals surface area contributed by atoms with Crippen molar-refractivity contribution in [1.82, 2.24) is 0 Å². The fourth-order valence-corrected chi connectivity index (χ4v) is 0.974. The van der Waals surface area contributed by atoms with Gasteiger partial charge in [0.15, 0.2) is 0 Å². The molecule has 0 amide bonds. The third-order valence-corrected chi connectivity index (χ3v) is 1.69. The Kier molecular flexibility index (Phi) is 2.97. The quantitative estimate of drug-likeness (QED) is 0.557. The summed E-state index contributed by atoms with van der Waals surface area (Å²) in [5.74, 6) is 0. The second kappa shape index (κ2) is 4.00. The molecule has 2 nitrogen and oxygen atoms in total. The van der Waals surface area contributed by atoms with Gasteiger partial charge in [-0.25, -0.2) is 0 Å². The van der Waals surface area contributed by atoms with Crippen molar-refractivity contribution in [1.29, 1.82) is 0 Å². The largest absolute Gasteiger partial charge is 0.277 e. The molecular weight excluding hydrogens is 148 g/mol. The topological polar surface area (TPSA) is 24.7 Å². The zero-order valence-corrected chi connectivity index (χ0v) is 7.57. The van der Waals surface area contributed by atoms with Crippen LogP contribution in [0.1, 0.15) is 20.3 Å². The van der Waals surface area contributed by atoms with Crippen molar-refractivity contribution >= 4 is 12.4 Å². The van der Waals surface area contributed by atoms with E-state index in [1.54, 1.807) is 18.6 Å². The lowest BCUT2D eigenvalue weighted by Crippen LogP contribution is -2.14. The van der Waals surface area contributed by atoms with Crippen LogP contribution in [-0.2, 0) is 0 Å². The van der Waals surface area contributed by atoms with Crippen molar-refractivity contribution in [3.63, 3.8) is 0 Å². The van der Waals surface area contributed by atoms with Gasteiger partial charge in [0.25, 0.3) is 0 Å². The van der Waals surface area contributed by atoms with Crippen molar-refractivity contribution in [3.8, 4) is 0 Å². The molecule has 1 aliphatic rings. The maximum absolute atomic E-state index is 4.34. The van der Waals surface area contributed by atoms with E-state index in [0.29, 0.717) is 0 Å². The molecule has 1 heterocycles. The van der Waals surface area contributed by atoms with Gasteiger partial charge in [0.2, 0.25) is 0 Å². The summed E-state index contributed by atoms with van der Waals surface area (Å²) in [4.78, 5) is 8.33. The molecule has 1 aliphatic heterocycles. The Balaban J connectivity index is 2.77. The standard InChI is InChI=1S/C10H14N2/c1-3-4-5-10(2)6-7-11-8-9-12-10/h4-9H,3H2,1-2H3. The summed E-state index contributed by atoms with van der Waals surface area (Å²) >= 11 is 0. The highest BCUT2D eigenvalue weighted by Gasteiger charge is 2.13. The van der Waals surface area contributed by atoms with Gasteiger partial charge < -0.3 is 0 Å². The van der Waals surface area contributed by atoms with E-state index in [1.165, 1.54) is 0 Å². The summed E-state index contributed by atoms with van der Waals surface area (Å²) in [5.41, 5.74) is -0.202. The van der Waals surface area contributed by atoms with Crippen LogP contribution in [0.4, 0.5) is 0 Å².